The molecule has 0 aliphatic heterocycles. The summed E-state index contributed by atoms with van der Waals surface area (Å²) in [7, 11) is 0. The molecular formula is C13H13BrIN3. The van der Waals surface area contributed by atoms with Crippen molar-refractivity contribution in [2.24, 2.45) is 5.84 Å². The summed E-state index contributed by atoms with van der Waals surface area (Å²) >= 11 is 5.68. The molecule has 0 saturated carbocycles. The minimum absolute atomic E-state index is 0.0772. The van der Waals surface area contributed by atoms with E-state index >= 15 is 0 Å². The van der Waals surface area contributed by atoms with E-state index in [1.165, 1.54) is 9.13 Å². The number of nitrogens with zero attached hydrogens (tertiary/aromatic N) is 1. The summed E-state index contributed by atoms with van der Waals surface area (Å²) in [6, 6.07) is 12.4. The van der Waals surface area contributed by atoms with Gasteiger partial charge in [-0.25, -0.2) is 0 Å². The van der Waals surface area contributed by atoms with Crippen LogP contribution in [0, 0.1) is 3.57 Å². The van der Waals surface area contributed by atoms with E-state index in [4.69, 9.17) is 5.84 Å². The van der Waals surface area contributed by atoms with Crippen LogP contribution in [0.15, 0.2) is 47.1 Å². The minimum atomic E-state index is 0.0772. The molecule has 0 saturated heterocycles. The average molecular weight is 418 g/mol. The van der Waals surface area contributed by atoms with Crippen LogP contribution in [-0.2, 0) is 6.42 Å². The van der Waals surface area contributed by atoms with Gasteiger partial charge in [0.05, 0.1) is 6.04 Å². The molecule has 0 amide bonds. The highest BCUT2D eigenvalue weighted by Crippen LogP contribution is 2.19. The predicted octanol–water partition coefficient (Wildman–Crippen LogP) is 3.20. The van der Waals surface area contributed by atoms with Crippen LogP contribution in [0.5, 0.6) is 0 Å². The van der Waals surface area contributed by atoms with E-state index in [1.807, 2.05) is 18.2 Å². The van der Waals surface area contributed by atoms with Gasteiger partial charge in [-0.05, 0) is 68.3 Å². The van der Waals surface area contributed by atoms with Crippen LogP contribution >= 0.6 is 38.5 Å². The second-order valence-corrected chi connectivity index (χ2v) is 6.11. The Bertz CT molecular complexity index is 516. The van der Waals surface area contributed by atoms with Gasteiger partial charge in [0.15, 0.2) is 0 Å². The van der Waals surface area contributed by atoms with Gasteiger partial charge in [-0.15, -0.1) is 0 Å². The molecule has 2 aromatic rings. The Labute approximate surface area is 128 Å². The van der Waals surface area contributed by atoms with Crippen molar-refractivity contribution in [1.82, 2.24) is 10.4 Å². The van der Waals surface area contributed by atoms with Gasteiger partial charge in [-0.1, -0.05) is 12.1 Å². The maximum Gasteiger partial charge on any atom is 0.0515 e. The number of rotatable bonds is 4. The molecule has 0 fully saturated rings. The van der Waals surface area contributed by atoms with Crippen LogP contribution in [0.4, 0.5) is 0 Å². The Hall–Kier alpha value is -0.500. The van der Waals surface area contributed by atoms with Crippen LogP contribution < -0.4 is 11.3 Å². The maximum absolute atomic E-state index is 5.64. The summed E-state index contributed by atoms with van der Waals surface area (Å²) < 4.78 is 2.19. The third kappa shape index (κ3) is 3.74. The van der Waals surface area contributed by atoms with Gasteiger partial charge in [0.25, 0.3) is 0 Å². The zero-order valence-electron chi connectivity index (χ0n) is 9.61. The Morgan fingerprint density at radius 3 is 2.78 bits per heavy atom. The maximum atomic E-state index is 5.64. The lowest BCUT2D eigenvalue weighted by atomic mass is 10.0. The highest BCUT2D eigenvalue weighted by Gasteiger charge is 2.11. The van der Waals surface area contributed by atoms with Crippen LogP contribution in [0.3, 0.4) is 0 Å². The van der Waals surface area contributed by atoms with Gasteiger partial charge in [0, 0.05) is 26.4 Å². The third-order valence-electron chi connectivity index (χ3n) is 2.65. The zero-order valence-corrected chi connectivity index (χ0v) is 13.3. The molecule has 0 spiro atoms. The van der Waals surface area contributed by atoms with E-state index in [1.54, 1.807) is 6.20 Å². The first-order valence-electron chi connectivity index (χ1n) is 5.51. The van der Waals surface area contributed by atoms with Gasteiger partial charge >= 0.3 is 0 Å². The van der Waals surface area contributed by atoms with Gasteiger partial charge in [0.1, 0.15) is 0 Å². The monoisotopic (exact) mass is 417 g/mol. The minimum Gasteiger partial charge on any atom is -0.271 e. The SMILES string of the molecule is NNC(Cc1ccc(Br)cn1)c1cccc(I)c1. The largest absolute Gasteiger partial charge is 0.271 e. The molecule has 1 unspecified atom stereocenters. The van der Waals surface area contributed by atoms with Gasteiger partial charge < -0.3 is 0 Å². The molecule has 94 valence electrons. The lowest BCUT2D eigenvalue weighted by Crippen LogP contribution is -2.29. The van der Waals surface area contributed by atoms with Crippen molar-refractivity contribution in [3.8, 4) is 0 Å². The molecule has 2 rings (SSSR count). The number of hydrogen-bond acceptors (Lipinski definition) is 3. The molecule has 3 nitrogen and oxygen atoms in total. The molecule has 1 atom stereocenters. The quantitative estimate of drug-likeness (QED) is 0.456. The number of benzene rings is 1. The molecule has 0 radical (unpaired) electrons. The van der Waals surface area contributed by atoms with Crippen molar-refractivity contribution < 1.29 is 0 Å². The highest BCUT2D eigenvalue weighted by molar-refractivity contribution is 14.1. The zero-order chi connectivity index (χ0) is 13.0. The third-order valence-corrected chi connectivity index (χ3v) is 3.79. The smallest absolute Gasteiger partial charge is 0.0515 e. The molecule has 0 aliphatic rings. The molecule has 18 heavy (non-hydrogen) atoms. The molecule has 1 aromatic carbocycles. The molecular weight excluding hydrogens is 405 g/mol. The molecule has 0 aliphatic carbocycles. The van der Waals surface area contributed by atoms with Crippen molar-refractivity contribution in [1.29, 1.82) is 0 Å². The fourth-order valence-corrected chi connectivity index (χ4v) is 2.53. The molecule has 3 N–H and O–H groups in total. The van der Waals surface area contributed by atoms with E-state index < -0.39 is 0 Å². The highest BCUT2D eigenvalue weighted by atomic mass is 127. The van der Waals surface area contributed by atoms with Gasteiger partial charge in [-0.3, -0.25) is 16.3 Å². The molecule has 1 aromatic heterocycles. The normalized spacial score (nSPS) is 12.4. The summed E-state index contributed by atoms with van der Waals surface area (Å²) in [5.41, 5.74) is 5.04. The number of nitrogens with one attached hydrogen (secondary N) is 1. The van der Waals surface area contributed by atoms with Gasteiger partial charge in [-0.2, -0.15) is 0 Å². The van der Waals surface area contributed by atoms with Crippen molar-refractivity contribution in [3.63, 3.8) is 0 Å². The molecule has 0 bridgehead atoms. The first-order chi connectivity index (χ1) is 8.69. The Morgan fingerprint density at radius 2 is 2.17 bits per heavy atom. The Kier molecular flexibility index (Phi) is 5.11. The lowest BCUT2D eigenvalue weighted by Gasteiger charge is -2.16. The summed E-state index contributed by atoms with van der Waals surface area (Å²) in [5.74, 6) is 5.64. The molecule has 5 heteroatoms. The second kappa shape index (κ2) is 6.60. The van der Waals surface area contributed by atoms with Crippen molar-refractivity contribution >= 4 is 38.5 Å². The van der Waals surface area contributed by atoms with Crippen LogP contribution in [0.1, 0.15) is 17.3 Å². The first-order valence-corrected chi connectivity index (χ1v) is 7.38. The molecule has 1 heterocycles. The van der Waals surface area contributed by atoms with Crippen molar-refractivity contribution in [2.45, 2.75) is 12.5 Å². The number of aromatic nitrogens is 1. The first kappa shape index (κ1) is 13.9. The average Bonchev–Trinajstić information content (AvgIpc) is 2.38. The Balaban J connectivity index is 2.17. The topological polar surface area (TPSA) is 50.9 Å². The van der Waals surface area contributed by atoms with Crippen LogP contribution in [-0.4, -0.2) is 4.98 Å². The van der Waals surface area contributed by atoms with E-state index in [2.05, 4.69) is 67.1 Å². The Morgan fingerprint density at radius 1 is 1.33 bits per heavy atom. The van der Waals surface area contributed by atoms with E-state index in [9.17, 15) is 0 Å². The fraction of sp³-hybridized carbons (Fsp3) is 0.154. The van der Waals surface area contributed by atoms with Crippen LogP contribution in [0.25, 0.3) is 0 Å². The van der Waals surface area contributed by atoms with E-state index in [-0.39, 0.29) is 6.04 Å². The number of pyridine rings is 1. The standard InChI is InChI=1S/C13H13BrIN3/c14-10-4-5-12(17-8-10)7-13(18-16)9-2-1-3-11(15)6-9/h1-6,8,13,18H,7,16H2. The van der Waals surface area contributed by atoms with Crippen LogP contribution in [0.2, 0.25) is 0 Å². The van der Waals surface area contributed by atoms with E-state index in [0.717, 1.165) is 16.6 Å². The fourth-order valence-electron chi connectivity index (χ4n) is 1.73. The summed E-state index contributed by atoms with van der Waals surface area (Å²) in [6.07, 6.45) is 2.57. The van der Waals surface area contributed by atoms with Crippen molar-refractivity contribution in [3.05, 3.63) is 61.9 Å². The number of halogens is 2. The predicted molar refractivity (Wildman–Crippen MR) is 84.9 cm³/mol. The lowest BCUT2D eigenvalue weighted by molar-refractivity contribution is 0.545. The number of hydrazine groups is 1. The van der Waals surface area contributed by atoms with E-state index in [0.29, 0.717) is 0 Å². The van der Waals surface area contributed by atoms with Crippen molar-refractivity contribution in [2.75, 3.05) is 0 Å². The van der Waals surface area contributed by atoms with Gasteiger partial charge in [0.2, 0.25) is 0 Å². The summed E-state index contributed by atoms with van der Waals surface area (Å²) in [5, 5.41) is 0. The summed E-state index contributed by atoms with van der Waals surface area (Å²) in [6.45, 7) is 0. The number of hydrogen-bond donors (Lipinski definition) is 2. The number of nitrogens with two attached hydrogens (primary N) is 1. The summed E-state index contributed by atoms with van der Waals surface area (Å²) in [4.78, 5) is 4.37. The second-order valence-electron chi connectivity index (χ2n) is 3.95.